The zero-order chi connectivity index (χ0) is 23.4. The Bertz CT molecular complexity index is 1000. The van der Waals surface area contributed by atoms with Gasteiger partial charge in [0.25, 0.3) is 0 Å². The minimum absolute atomic E-state index is 0.0259. The summed E-state index contributed by atoms with van der Waals surface area (Å²) in [4.78, 5) is 29.0. The summed E-state index contributed by atoms with van der Waals surface area (Å²) in [5.74, 6) is -0.677. The van der Waals surface area contributed by atoms with Gasteiger partial charge in [-0.15, -0.1) is 0 Å². The standard InChI is InChI=1S/C22H30N3O6P/c1-31-20-7-5-16(13-24-20)19-12-18(26)6-4-17(19)14-25-10-11-32(29,30)22(15-25,21(27)28)8-2-3-9-23/h4-7,12-13,26H,2-3,8-11,14-15,23H2,1H3,(H,27,28)(H,29,30)/t22-/m0/s1. The summed E-state index contributed by atoms with van der Waals surface area (Å²) < 4.78 is 18.1. The van der Waals surface area contributed by atoms with Gasteiger partial charge in [0.05, 0.1) is 7.11 Å². The second kappa shape index (κ2) is 10.0. The number of nitrogens with two attached hydrogens (primary N) is 1. The Hall–Kier alpha value is -2.45. The fraction of sp³-hybridized carbons (Fsp3) is 0.455. The predicted octanol–water partition coefficient (Wildman–Crippen LogP) is 2.50. The average molecular weight is 463 g/mol. The number of pyridine rings is 1. The molecular weight excluding hydrogens is 433 g/mol. The normalized spacial score (nSPS) is 23.7. The molecule has 174 valence electrons. The van der Waals surface area contributed by atoms with E-state index in [0.29, 0.717) is 38.4 Å². The number of phenols is 1. The summed E-state index contributed by atoms with van der Waals surface area (Å²) in [7, 11) is -2.37. The number of carboxylic acids is 1. The molecule has 0 amide bonds. The van der Waals surface area contributed by atoms with E-state index in [-0.39, 0.29) is 24.9 Å². The quantitative estimate of drug-likeness (QED) is 0.325. The molecule has 32 heavy (non-hydrogen) atoms. The maximum Gasteiger partial charge on any atom is 0.320 e. The zero-order valence-corrected chi connectivity index (χ0v) is 19.0. The second-order valence-electron chi connectivity index (χ2n) is 8.15. The molecule has 1 aliphatic rings. The van der Waals surface area contributed by atoms with Crippen molar-refractivity contribution in [2.75, 3.05) is 32.9 Å². The van der Waals surface area contributed by atoms with Crippen LogP contribution in [0.25, 0.3) is 11.1 Å². The van der Waals surface area contributed by atoms with Gasteiger partial charge in [-0.3, -0.25) is 14.3 Å². The van der Waals surface area contributed by atoms with Crippen LogP contribution >= 0.6 is 7.37 Å². The molecule has 1 aliphatic heterocycles. The highest BCUT2D eigenvalue weighted by Crippen LogP contribution is 2.59. The molecule has 1 unspecified atom stereocenters. The highest BCUT2D eigenvalue weighted by atomic mass is 31.2. The Morgan fingerprint density at radius 2 is 2.09 bits per heavy atom. The minimum atomic E-state index is -3.90. The van der Waals surface area contributed by atoms with Crippen LogP contribution < -0.4 is 10.5 Å². The first-order chi connectivity index (χ1) is 15.2. The zero-order valence-electron chi connectivity index (χ0n) is 18.1. The number of rotatable bonds is 9. The first kappa shape index (κ1) is 24.2. The Morgan fingerprint density at radius 1 is 1.31 bits per heavy atom. The molecule has 2 heterocycles. The monoisotopic (exact) mass is 463 g/mol. The van der Waals surface area contributed by atoms with E-state index in [1.165, 1.54) is 7.11 Å². The number of carbonyl (C=O) groups is 1. The van der Waals surface area contributed by atoms with E-state index < -0.39 is 18.5 Å². The van der Waals surface area contributed by atoms with Gasteiger partial charge in [0.15, 0.2) is 5.16 Å². The van der Waals surface area contributed by atoms with Gasteiger partial charge in [-0.25, -0.2) is 4.98 Å². The van der Waals surface area contributed by atoms with Crippen LogP contribution in [0.2, 0.25) is 0 Å². The fourth-order valence-corrected chi connectivity index (χ4v) is 6.41. The predicted molar refractivity (Wildman–Crippen MR) is 121 cm³/mol. The lowest BCUT2D eigenvalue weighted by Gasteiger charge is -2.43. The van der Waals surface area contributed by atoms with E-state index in [2.05, 4.69) is 4.98 Å². The van der Waals surface area contributed by atoms with Crippen LogP contribution in [0.3, 0.4) is 0 Å². The van der Waals surface area contributed by atoms with E-state index in [1.54, 1.807) is 30.5 Å². The third-order valence-electron chi connectivity index (χ3n) is 6.06. The lowest BCUT2D eigenvalue weighted by molar-refractivity contribution is -0.141. The smallest absolute Gasteiger partial charge is 0.320 e. The summed E-state index contributed by atoms with van der Waals surface area (Å²) in [5.41, 5.74) is 7.92. The Morgan fingerprint density at radius 3 is 2.72 bits per heavy atom. The summed E-state index contributed by atoms with van der Waals surface area (Å²) in [6.45, 7) is 1.05. The molecule has 9 nitrogen and oxygen atoms in total. The molecular formula is C22H30N3O6P. The van der Waals surface area contributed by atoms with E-state index >= 15 is 0 Å². The van der Waals surface area contributed by atoms with Crippen LogP contribution in [-0.4, -0.2) is 69.0 Å². The molecule has 0 spiro atoms. The van der Waals surface area contributed by atoms with Gasteiger partial charge in [-0.1, -0.05) is 12.5 Å². The number of benzene rings is 1. The molecule has 1 fully saturated rings. The largest absolute Gasteiger partial charge is 0.508 e. The van der Waals surface area contributed by atoms with E-state index in [4.69, 9.17) is 10.5 Å². The maximum absolute atomic E-state index is 13.0. The SMILES string of the molecule is COc1ccc(-c2cc(O)ccc2CN2CCP(=O)(O)[C@](CCCCN)(C(=O)O)C2)cn1. The molecule has 5 N–H and O–H groups in total. The van der Waals surface area contributed by atoms with Crippen LogP contribution in [0.15, 0.2) is 36.5 Å². The highest BCUT2D eigenvalue weighted by Gasteiger charge is 2.56. The molecule has 1 aromatic carbocycles. The first-order valence-corrected chi connectivity index (χ1v) is 12.4. The van der Waals surface area contributed by atoms with Crippen LogP contribution in [0, 0.1) is 0 Å². The number of phenolic OH excluding ortho intramolecular Hbond substituents is 1. The van der Waals surface area contributed by atoms with Crippen LogP contribution in [0.4, 0.5) is 0 Å². The number of aliphatic carboxylic acids is 1. The van der Waals surface area contributed by atoms with Gasteiger partial charge in [-0.05, 0) is 48.7 Å². The second-order valence-corrected chi connectivity index (χ2v) is 10.9. The number of hydrogen-bond acceptors (Lipinski definition) is 7. The third kappa shape index (κ3) is 4.96. The fourth-order valence-electron chi connectivity index (χ4n) is 4.20. The molecule has 0 radical (unpaired) electrons. The lowest BCUT2D eigenvalue weighted by atomic mass is 9.97. The molecule has 0 bridgehead atoms. The number of aromatic hydroxyl groups is 1. The number of aromatic nitrogens is 1. The van der Waals surface area contributed by atoms with Crippen molar-refractivity contribution in [3.8, 4) is 22.8 Å². The number of hydrogen-bond donors (Lipinski definition) is 4. The van der Waals surface area contributed by atoms with Crippen LogP contribution in [0.1, 0.15) is 24.8 Å². The van der Waals surface area contributed by atoms with E-state index in [1.807, 2.05) is 11.0 Å². The van der Waals surface area contributed by atoms with Crippen molar-refractivity contribution in [2.45, 2.75) is 31.0 Å². The van der Waals surface area contributed by atoms with Crippen molar-refractivity contribution >= 4 is 13.3 Å². The van der Waals surface area contributed by atoms with Crippen molar-refractivity contribution in [2.24, 2.45) is 5.73 Å². The lowest BCUT2D eigenvalue weighted by Crippen LogP contribution is -2.53. The van der Waals surface area contributed by atoms with Gasteiger partial charge in [-0.2, -0.15) is 0 Å². The van der Waals surface area contributed by atoms with E-state index in [0.717, 1.165) is 16.7 Å². The average Bonchev–Trinajstić information content (AvgIpc) is 2.77. The third-order valence-corrected chi connectivity index (χ3v) is 8.76. The van der Waals surface area contributed by atoms with E-state index in [9.17, 15) is 24.5 Å². The van der Waals surface area contributed by atoms with Gasteiger partial charge in [0.2, 0.25) is 13.2 Å². The Labute approximate surface area is 187 Å². The molecule has 0 saturated carbocycles. The van der Waals surface area contributed by atoms with Crippen molar-refractivity contribution < 1.29 is 29.2 Å². The Kier molecular flexibility index (Phi) is 7.56. The number of unbranched alkanes of at least 4 members (excludes halogenated alkanes) is 1. The topological polar surface area (TPSA) is 146 Å². The van der Waals surface area contributed by atoms with Crippen LogP contribution in [-0.2, 0) is 15.9 Å². The molecule has 1 saturated heterocycles. The van der Waals surface area contributed by atoms with Crippen molar-refractivity contribution in [1.29, 1.82) is 0 Å². The van der Waals surface area contributed by atoms with Crippen molar-refractivity contribution in [1.82, 2.24) is 9.88 Å². The minimum Gasteiger partial charge on any atom is -0.508 e. The van der Waals surface area contributed by atoms with Gasteiger partial charge < -0.3 is 25.6 Å². The number of ether oxygens (including phenoxy) is 1. The summed E-state index contributed by atoms with van der Waals surface area (Å²) in [5, 5.41) is 18.3. The summed E-state index contributed by atoms with van der Waals surface area (Å²) in [6, 6.07) is 8.53. The van der Waals surface area contributed by atoms with Crippen LogP contribution in [0.5, 0.6) is 11.6 Å². The van der Waals surface area contributed by atoms with Crippen molar-refractivity contribution in [3.05, 3.63) is 42.1 Å². The van der Waals surface area contributed by atoms with Gasteiger partial charge in [0.1, 0.15) is 5.75 Å². The molecule has 2 atom stereocenters. The number of methoxy groups -OCH3 is 1. The molecule has 1 aromatic heterocycles. The van der Waals surface area contributed by atoms with Gasteiger partial charge in [0, 0.05) is 43.6 Å². The van der Waals surface area contributed by atoms with Crippen molar-refractivity contribution in [3.63, 3.8) is 0 Å². The number of nitrogens with zero attached hydrogens (tertiary/aromatic N) is 2. The number of carboxylic acid groups (broad SMARTS) is 1. The highest BCUT2D eigenvalue weighted by molar-refractivity contribution is 7.61. The summed E-state index contributed by atoms with van der Waals surface area (Å²) in [6.07, 6.45) is 2.74. The molecule has 0 aliphatic carbocycles. The molecule has 2 aromatic rings. The first-order valence-electron chi connectivity index (χ1n) is 10.5. The summed E-state index contributed by atoms with van der Waals surface area (Å²) >= 11 is 0. The Balaban J connectivity index is 1.90. The van der Waals surface area contributed by atoms with Gasteiger partial charge >= 0.3 is 5.97 Å². The molecule has 3 rings (SSSR count). The molecule has 10 heteroatoms. The maximum atomic E-state index is 13.0.